The molecule has 0 spiro atoms. The predicted molar refractivity (Wildman–Crippen MR) is 87.0 cm³/mol. The number of aliphatic hydroxyl groups is 1. The van der Waals surface area contributed by atoms with Crippen LogP contribution in [0.1, 0.15) is 49.0 Å². The molecular weight excluding hydrogens is 313 g/mol. The van der Waals surface area contributed by atoms with Crippen LogP contribution >= 0.6 is 10.7 Å². The largest absolute Gasteiger partial charge is 0.511 e. The molecule has 3 nitrogen and oxygen atoms in total. The smallest absolute Gasteiger partial charge is 0.400 e. The number of rotatable bonds is 0. The minimum absolute atomic E-state index is 0. The minimum atomic E-state index is -5.37. The predicted octanol–water partition coefficient (Wildman–Crippen LogP) is 3.26. The highest BCUT2D eigenvalue weighted by molar-refractivity contribution is 8.14. The van der Waals surface area contributed by atoms with E-state index in [1.54, 1.807) is 0 Å². The lowest BCUT2D eigenvalue weighted by atomic mass is 10.8. The molecule has 0 bridgehead atoms. The van der Waals surface area contributed by atoms with Gasteiger partial charge in [-0.15, -0.1) is 0 Å². The molecule has 0 aromatic carbocycles. The molecule has 9 radical (unpaired) electrons. The number of halogens is 4. The van der Waals surface area contributed by atoms with Crippen LogP contribution in [0.2, 0.25) is 0 Å². The summed E-state index contributed by atoms with van der Waals surface area (Å²) in [5, 5.41) is 7.00. The topological polar surface area (TPSA) is 54.4 Å². The molecule has 123 valence electrons. The van der Waals surface area contributed by atoms with Crippen molar-refractivity contribution in [3.63, 3.8) is 0 Å². The van der Waals surface area contributed by atoms with Crippen LogP contribution in [0.25, 0.3) is 0 Å². The van der Waals surface area contributed by atoms with E-state index in [0.717, 1.165) is 7.11 Å². The van der Waals surface area contributed by atoms with Gasteiger partial charge in [-0.3, -0.25) is 0 Å². The molecule has 0 aliphatic heterocycles. The molecular formula is C9H26B3ClF3O3S. The monoisotopic (exact) mass is 339 g/mol. The molecule has 0 aromatic heterocycles. The SMILES string of the molecule is C.CC.CC.CC.CO.O=S(=O)(Cl)C(F)(F)F.[B].[B].[B]. The van der Waals surface area contributed by atoms with Crippen molar-refractivity contribution >= 4 is 45.0 Å². The molecule has 0 aliphatic rings. The lowest BCUT2D eigenvalue weighted by Crippen LogP contribution is -2.16. The molecule has 0 saturated carbocycles. The maximum absolute atomic E-state index is 10.8. The second-order valence-electron chi connectivity index (χ2n) is 0.884. The third-order valence-corrected chi connectivity index (χ3v) is 1.35. The van der Waals surface area contributed by atoms with E-state index >= 15 is 0 Å². The van der Waals surface area contributed by atoms with Gasteiger partial charge in [0.2, 0.25) is 0 Å². The van der Waals surface area contributed by atoms with Crippen molar-refractivity contribution in [3.8, 4) is 0 Å². The fraction of sp³-hybridized carbons (Fsp3) is 1.00. The first-order chi connectivity index (χ1) is 7.25. The Hall–Kier alpha value is 0.185. The molecule has 11 heteroatoms. The Balaban J connectivity index is -0.0000000127. The summed E-state index contributed by atoms with van der Waals surface area (Å²) in [6.45, 7) is 12.0. The Morgan fingerprint density at radius 1 is 0.800 bits per heavy atom. The van der Waals surface area contributed by atoms with Gasteiger partial charge in [0.25, 0.3) is 0 Å². The van der Waals surface area contributed by atoms with E-state index in [2.05, 4.69) is 10.7 Å². The molecule has 0 heterocycles. The summed E-state index contributed by atoms with van der Waals surface area (Å²) in [4.78, 5) is 0. The zero-order chi connectivity index (χ0) is 15.0. The van der Waals surface area contributed by atoms with Gasteiger partial charge in [0.05, 0.1) is 0 Å². The summed E-state index contributed by atoms with van der Waals surface area (Å²) in [5.41, 5.74) is -5.32. The van der Waals surface area contributed by atoms with E-state index in [1.165, 1.54) is 0 Å². The minimum Gasteiger partial charge on any atom is -0.400 e. The Labute approximate surface area is 133 Å². The lowest BCUT2D eigenvalue weighted by Gasteiger charge is -1.96. The van der Waals surface area contributed by atoms with Crippen molar-refractivity contribution in [2.75, 3.05) is 7.11 Å². The van der Waals surface area contributed by atoms with Gasteiger partial charge in [0.1, 0.15) is 0 Å². The summed E-state index contributed by atoms with van der Waals surface area (Å²) in [5.74, 6) is 0. The first-order valence-corrected chi connectivity index (χ1v) is 7.02. The van der Waals surface area contributed by atoms with Crippen molar-refractivity contribution in [1.29, 1.82) is 0 Å². The molecule has 20 heavy (non-hydrogen) atoms. The molecule has 0 aliphatic carbocycles. The van der Waals surface area contributed by atoms with Crippen LogP contribution in [0.4, 0.5) is 13.2 Å². The average molecular weight is 339 g/mol. The molecule has 0 rings (SSSR count). The summed E-state index contributed by atoms with van der Waals surface area (Å²) in [7, 11) is -0.512. The van der Waals surface area contributed by atoms with E-state index in [9.17, 15) is 21.6 Å². The molecule has 0 fully saturated rings. The molecule has 0 amide bonds. The maximum Gasteiger partial charge on any atom is 0.511 e. The second kappa shape index (κ2) is 42.7. The molecule has 0 saturated heterocycles. The molecule has 0 atom stereocenters. The van der Waals surface area contributed by atoms with Gasteiger partial charge in [-0.2, -0.15) is 13.2 Å². The molecule has 1 N–H and O–H groups in total. The van der Waals surface area contributed by atoms with E-state index in [1.807, 2.05) is 41.5 Å². The number of hydrogen-bond donors (Lipinski definition) is 1. The van der Waals surface area contributed by atoms with Gasteiger partial charge in [0.15, 0.2) is 0 Å². The van der Waals surface area contributed by atoms with Crippen molar-refractivity contribution in [2.24, 2.45) is 0 Å². The number of aliphatic hydroxyl groups excluding tert-OH is 1. The first kappa shape index (κ1) is 59.4. The molecule has 0 unspecified atom stereocenters. The standard InChI is InChI=1S/3C2H6.CClF3O2S.CH4O.CH4.3B/c3*1-2;2-8(6,7)1(3,4)5;1-2;;;;/h3*1-2H3;;2H,1H3;1H4;;;. The summed E-state index contributed by atoms with van der Waals surface area (Å²) >= 11 is 0. The summed E-state index contributed by atoms with van der Waals surface area (Å²) < 4.78 is 51.1. The van der Waals surface area contributed by atoms with Gasteiger partial charge in [-0.05, 0) is 0 Å². The Bertz CT molecular complexity index is 193. The van der Waals surface area contributed by atoms with E-state index < -0.39 is 14.6 Å². The number of alkyl halides is 3. The van der Waals surface area contributed by atoms with Crippen LogP contribution in [0.5, 0.6) is 0 Å². The van der Waals surface area contributed by atoms with Crippen molar-refractivity contribution in [2.45, 2.75) is 54.5 Å². The van der Waals surface area contributed by atoms with E-state index in [4.69, 9.17) is 5.11 Å². The summed E-state index contributed by atoms with van der Waals surface area (Å²) in [6.07, 6.45) is 0. The third-order valence-electron chi connectivity index (χ3n) is 0.276. The zero-order valence-corrected chi connectivity index (χ0v) is 14.0. The van der Waals surface area contributed by atoms with Gasteiger partial charge in [0, 0.05) is 43.0 Å². The second-order valence-corrected chi connectivity index (χ2v) is 3.44. The first-order valence-electron chi connectivity index (χ1n) is 4.71. The quantitative estimate of drug-likeness (QED) is 0.544. The zero-order valence-electron chi connectivity index (χ0n) is 12.4. The Kier molecular flexibility index (Phi) is 127. The molecule has 0 aromatic rings. The summed E-state index contributed by atoms with van der Waals surface area (Å²) in [6, 6.07) is 0. The van der Waals surface area contributed by atoms with E-state index in [-0.39, 0.29) is 32.7 Å². The van der Waals surface area contributed by atoms with Crippen molar-refractivity contribution < 1.29 is 26.7 Å². The van der Waals surface area contributed by atoms with Gasteiger partial charge in [-0.1, -0.05) is 49.0 Å². The van der Waals surface area contributed by atoms with Crippen LogP contribution in [-0.4, -0.2) is 51.4 Å². The maximum atomic E-state index is 10.8. The highest BCUT2D eigenvalue weighted by atomic mass is 35.7. The highest BCUT2D eigenvalue weighted by Gasteiger charge is 2.44. The van der Waals surface area contributed by atoms with Crippen LogP contribution < -0.4 is 0 Å². The average Bonchev–Trinajstić information content (AvgIpc) is 2.27. The van der Waals surface area contributed by atoms with Gasteiger partial charge >= 0.3 is 14.6 Å². The number of hydrogen-bond acceptors (Lipinski definition) is 3. The highest BCUT2D eigenvalue weighted by Crippen LogP contribution is 2.25. The van der Waals surface area contributed by atoms with Crippen LogP contribution in [-0.2, 0) is 9.05 Å². The fourth-order valence-electron chi connectivity index (χ4n) is 0. The lowest BCUT2D eigenvalue weighted by molar-refractivity contribution is -0.0412. The van der Waals surface area contributed by atoms with Gasteiger partial charge < -0.3 is 5.11 Å². The van der Waals surface area contributed by atoms with Crippen molar-refractivity contribution in [1.82, 2.24) is 0 Å². The van der Waals surface area contributed by atoms with Crippen LogP contribution in [0, 0.1) is 0 Å². The van der Waals surface area contributed by atoms with Crippen molar-refractivity contribution in [3.05, 3.63) is 0 Å². The van der Waals surface area contributed by atoms with Crippen LogP contribution in [0.3, 0.4) is 0 Å². The Morgan fingerprint density at radius 3 is 0.850 bits per heavy atom. The Morgan fingerprint density at radius 2 is 0.850 bits per heavy atom. The fourth-order valence-corrected chi connectivity index (χ4v) is 0. The normalized spacial score (nSPS) is 6.80. The van der Waals surface area contributed by atoms with E-state index in [0.29, 0.717) is 0 Å². The van der Waals surface area contributed by atoms with Crippen LogP contribution in [0.15, 0.2) is 0 Å². The van der Waals surface area contributed by atoms with Gasteiger partial charge in [-0.25, -0.2) is 8.42 Å². The third kappa shape index (κ3) is 63.7.